The molecule has 9 nitrogen and oxygen atoms in total. The van der Waals surface area contributed by atoms with Crippen molar-refractivity contribution in [3.8, 4) is 17.0 Å². The predicted molar refractivity (Wildman–Crippen MR) is 140 cm³/mol. The second-order valence-corrected chi connectivity index (χ2v) is 7.96. The second-order valence-electron chi connectivity index (χ2n) is 7.96. The van der Waals surface area contributed by atoms with Crippen molar-refractivity contribution in [1.29, 1.82) is 0 Å². The predicted octanol–water partition coefficient (Wildman–Crippen LogP) is 5.53. The summed E-state index contributed by atoms with van der Waals surface area (Å²) in [7, 11) is 1.60. The monoisotopic (exact) mass is 472 g/mol. The van der Waals surface area contributed by atoms with E-state index in [2.05, 4.69) is 40.8 Å². The summed E-state index contributed by atoms with van der Waals surface area (Å²) in [6.45, 7) is 0. The van der Waals surface area contributed by atoms with Crippen molar-refractivity contribution in [3.63, 3.8) is 0 Å². The largest absolute Gasteiger partial charge is 0.495 e. The number of aromatic nitrogens is 6. The molecule has 6 rings (SSSR count). The molecule has 0 unspecified atom stereocenters. The fourth-order valence-electron chi connectivity index (χ4n) is 3.95. The molecule has 0 aliphatic carbocycles. The Labute approximate surface area is 206 Å². The SMILES string of the molecule is COc1cnc2c(Nc3cnc(Nc4nnc(-c5ccccc5)c5ccccc45)nc3)ccnc2c1. The van der Waals surface area contributed by atoms with Crippen LogP contribution in [0.2, 0.25) is 0 Å². The maximum atomic E-state index is 5.24. The molecule has 4 aromatic heterocycles. The van der Waals surface area contributed by atoms with Gasteiger partial charge in [-0.3, -0.25) is 4.98 Å². The molecule has 0 aliphatic rings. The first-order valence-electron chi connectivity index (χ1n) is 11.2. The molecule has 6 aromatic rings. The fourth-order valence-corrected chi connectivity index (χ4v) is 3.95. The van der Waals surface area contributed by atoms with Gasteiger partial charge in [-0.25, -0.2) is 15.0 Å². The molecule has 9 heteroatoms. The molecule has 2 aromatic carbocycles. The van der Waals surface area contributed by atoms with Gasteiger partial charge in [-0.1, -0.05) is 54.6 Å². The molecule has 0 saturated carbocycles. The molecule has 0 radical (unpaired) electrons. The van der Waals surface area contributed by atoms with Crippen molar-refractivity contribution < 1.29 is 4.74 Å². The Morgan fingerprint density at radius 3 is 2.31 bits per heavy atom. The lowest BCUT2D eigenvalue weighted by Gasteiger charge is -2.11. The third-order valence-corrected chi connectivity index (χ3v) is 5.68. The van der Waals surface area contributed by atoms with Crippen molar-refractivity contribution in [1.82, 2.24) is 30.1 Å². The van der Waals surface area contributed by atoms with E-state index in [0.29, 0.717) is 23.2 Å². The lowest BCUT2D eigenvalue weighted by atomic mass is 10.0. The molecule has 4 heterocycles. The smallest absolute Gasteiger partial charge is 0.228 e. The molecule has 0 spiro atoms. The van der Waals surface area contributed by atoms with Crippen molar-refractivity contribution >= 4 is 44.9 Å². The standard InChI is InChI=1S/C27H20N8O/c1-36-19-13-23-25(29-16-19)22(11-12-28-23)32-18-14-30-27(31-15-18)33-26-21-10-6-5-9-20(21)24(34-35-26)17-7-3-2-4-8-17/h2-16H,1H3,(H,28,32)(H,30,31,33,35). The van der Waals surface area contributed by atoms with E-state index in [9.17, 15) is 0 Å². The number of benzene rings is 2. The number of nitrogens with zero attached hydrogens (tertiary/aromatic N) is 6. The Morgan fingerprint density at radius 2 is 1.50 bits per heavy atom. The molecule has 36 heavy (non-hydrogen) atoms. The van der Waals surface area contributed by atoms with Crippen molar-refractivity contribution in [2.24, 2.45) is 0 Å². The van der Waals surface area contributed by atoms with Crippen LogP contribution in [0.15, 0.2) is 91.5 Å². The lowest BCUT2D eigenvalue weighted by molar-refractivity contribution is 0.413. The second kappa shape index (κ2) is 9.22. The highest BCUT2D eigenvalue weighted by Crippen LogP contribution is 2.31. The molecule has 174 valence electrons. The van der Waals surface area contributed by atoms with Crippen molar-refractivity contribution in [2.45, 2.75) is 0 Å². The number of nitrogens with one attached hydrogen (secondary N) is 2. The number of hydrogen-bond donors (Lipinski definition) is 2. The van der Waals surface area contributed by atoms with E-state index >= 15 is 0 Å². The highest BCUT2D eigenvalue weighted by atomic mass is 16.5. The van der Waals surface area contributed by atoms with Gasteiger partial charge in [0.2, 0.25) is 5.95 Å². The molecular weight excluding hydrogens is 452 g/mol. The Kier molecular flexibility index (Phi) is 5.47. The van der Waals surface area contributed by atoms with Gasteiger partial charge in [0, 0.05) is 28.6 Å². The number of methoxy groups -OCH3 is 1. The van der Waals surface area contributed by atoms with Crippen LogP contribution in [-0.2, 0) is 0 Å². The summed E-state index contributed by atoms with van der Waals surface area (Å²) in [5.74, 6) is 1.65. The van der Waals surface area contributed by atoms with E-state index in [1.165, 1.54) is 0 Å². The first-order chi connectivity index (χ1) is 17.8. The van der Waals surface area contributed by atoms with Crippen LogP contribution in [0.5, 0.6) is 5.75 Å². The zero-order valence-electron chi connectivity index (χ0n) is 19.3. The average Bonchev–Trinajstić information content (AvgIpc) is 2.94. The first-order valence-corrected chi connectivity index (χ1v) is 11.2. The number of hydrogen-bond acceptors (Lipinski definition) is 9. The molecule has 0 amide bonds. The van der Waals surface area contributed by atoms with E-state index in [0.717, 1.165) is 38.8 Å². The third-order valence-electron chi connectivity index (χ3n) is 5.68. The molecule has 0 atom stereocenters. The Bertz CT molecular complexity index is 1670. The maximum Gasteiger partial charge on any atom is 0.228 e. The van der Waals surface area contributed by atoms with Crippen LogP contribution in [0.4, 0.5) is 23.1 Å². The van der Waals surface area contributed by atoms with E-state index in [1.54, 1.807) is 31.9 Å². The number of rotatable bonds is 6. The topological polar surface area (TPSA) is 111 Å². The van der Waals surface area contributed by atoms with Crippen LogP contribution in [0.3, 0.4) is 0 Å². The van der Waals surface area contributed by atoms with Crippen LogP contribution in [0, 0.1) is 0 Å². The highest BCUT2D eigenvalue weighted by Gasteiger charge is 2.12. The van der Waals surface area contributed by atoms with Crippen LogP contribution in [0.1, 0.15) is 0 Å². The molecule has 2 N–H and O–H groups in total. The minimum absolute atomic E-state index is 0.412. The maximum absolute atomic E-state index is 5.24. The van der Waals surface area contributed by atoms with Gasteiger partial charge in [0.05, 0.1) is 42.6 Å². The summed E-state index contributed by atoms with van der Waals surface area (Å²) in [5.41, 5.74) is 4.79. The van der Waals surface area contributed by atoms with Crippen LogP contribution >= 0.6 is 0 Å². The minimum atomic E-state index is 0.412. The molecular formula is C27H20N8O. The Morgan fingerprint density at radius 1 is 0.722 bits per heavy atom. The molecule has 0 aliphatic heterocycles. The van der Waals surface area contributed by atoms with Gasteiger partial charge in [-0.15, -0.1) is 10.2 Å². The lowest BCUT2D eigenvalue weighted by Crippen LogP contribution is -2.03. The molecule has 0 fully saturated rings. The Hall–Kier alpha value is -5.18. The van der Waals surface area contributed by atoms with Crippen LogP contribution in [0.25, 0.3) is 33.1 Å². The van der Waals surface area contributed by atoms with Crippen molar-refractivity contribution in [3.05, 3.63) is 91.5 Å². The van der Waals surface area contributed by atoms with Gasteiger partial charge in [-0.05, 0) is 6.07 Å². The van der Waals surface area contributed by atoms with Gasteiger partial charge in [0.25, 0.3) is 0 Å². The summed E-state index contributed by atoms with van der Waals surface area (Å²) in [4.78, 5) is 17.7. The molecule has 0 saturated heterocycles. The highest BCUT2D eigenvalue weighted by molar-refractivity contribution is 6.00. The van der Waals surface area contributed by atoms with E-state index in [1.807, 2.05) is 66.7 Å². The van der Waals surface area contributed by atoms with Gasteiger partial charge in [0.1, 0.15) is 17.0 Å². The zero-order chi connectivity index (χ0) is 24.3. The summed E-state index contributed by atoms with van der Waals surface area (Å²) >= 11 is 0. The number of fused-ring (bicyclic) bond motifs is 2. The normalized spacial score (nSPS) is 10.9. The van der Waals surface area contributed by atoms with Crippen molar-refractivity contribution in [2.75, 3.05) is 17.7 Å². The summed E-state index contributed by atoms with van der Waals surface area (Å²) in [6, 6.07) is 21.7. The summed E-state index contributed by atoms with van der Waals surface area (Å²) in [5, 5.41) is 17.4. The summed E-state index contributed by atoms with van der Waals surface area (Å²) < 4.78 is 5.24. The fraction of sp³-hybridized carbons (Fsp3) is 0.0370. The van der Waals surface area contributed by atoms with Crippen LogP contribution in [-0.4, -0.2) is 37.2 Å². The van der Waals surface area contributed by atoms with Gasteiger partial charge < -0.3 is 15.4 Å². The van der Waals surface area contributed by atoms with E-state index in [4.69, 9.17) is 4.74 Å². The zero-order valence-corrected chi connectivity index (χ0v) is 19.3. The Balaban J connectivity index is 1.26. The molecule has 0 bridgehead atoms. The van der Waals surface area contributed by atoms with Gasteiger partial charge in [-0.2, -0.15) is 0 Å². The van der Waals surface area contributed by atoms with E-state index < -0.39 is 0 Å². The van der Waals surface area contributed by atoms with Crippen LogP contribution < -0.4 is 15.4 Å². The number of ether oxygens (including phenoxy) is 1. The minimum Gasteiger partial charge on any atom is -0.495 e. The summed E-state index contributed by atoms with van der Waals surface area (Å²) in [6.07, 6.45) is 6.76. The van der Waals surface area contributed by atoms with E-state index in [-0.39, 0.29) is 0 Å². The third kappa shape index (κ3) is 4.09. The quantitative estimate of drug-likeness (QED) is 0.323. The first kappa shape index (κ1) is 21.4. The number of anilines is 4. The van der Waals surface area contributed by atoms with Gasteiger partial charge in [0.15, 0.2) is 5.82 Å². The average molecular weight is 473 g/mol. The number of pyridine rings is 2. The van der Waals surface area contributed by atoms with Gasteiger partial charge >= 0.3 is 0 Å².